The molecule has 0 amide bonds. The van der Waals surface area contributed by atoms with Gasteiger partial charge in [-0.15, -0.1) is 0 Å². The van der Waals surface area contributed by atoms with Crippen LogP contribution in [0.5, 0.6) is 0 Å². The Morgan fingerprint density at radius 1 is 1.40 bits per heavy atom. The van der Waals surface area contributed by atoms with Gasteiger partial charge in [0, 0.05) is 6.61 Å². The van der Waals surface area contributed by atoms with E-state index in [-0.39, 0.29) is 6.61 Å². The average molecular weight is 158 g/mol. The van der Waals surface area contributed by atoms with Crippen molar-refractivity contribution in [2.75, 3.05) is 19.8 Å². The monoisotopic (exact) mass is 158 g/mol. The molecule has 0 radical (unpaired) electrons. The third kappa shape index (κ3) is 46.3. The van der Waals surface area contributed by atoms with Crippen LogP contribution in [0.25, 0.3) is 0 Å². The molecule has 0 aliphatic heterocycles. The minimum Gasteiger partial charge on any atom is -0.394 e. The highest BCUT2D eigenvalue weighted by Crippen LogP contribution is 1.80. The van der Waals surface area contributed by atoms with E-state index in [1.165, 1.54) is 0 Å². The van der Waals surface area contributed by atoms with Crippen LogP contribution in [0, 0.1) is 0 Å². The molecule has 1 N–H and O–H groups in total. The predicted octanol–water partition coefficient (Wildman–Crippen LogP) is 0.895. The van der Waals surface area contributed by atoms with Gasteiger partial charge in [0.05, 0.1) is 13.2 Å². The first-order chi connectivity index (χ1) is 4.65. The maximum atomic E-state index is 9.67. The summed E-state index contributed by atoms with van der Waals surface area (Å²) in [6, 6.07) is 0. The van der Waals surface area contributed by atoms with Gasteiger partial charge >= 0.3 is 7.54 Å². The lowest BCUT2D eigenvalue weighted by molar-refractivity contribution is 0.102. The standard InChI is InChI=1S/C4H10O2.BF3/c1-2-6-4-3-5;2-1(3)4/h5H,2-4H2,1H3;. The molecule has 0 heterocycles. The Bertz CT molecular complexity index is 49.0. The molecule has 10 heavy (non-hydrogen) atoms. The molecule has 0 aliphatic rings. The van der Waals surface area contributed by atoms with E-state index >= 15 is 0 Å². The lowest BCUT2D eigenvalue weighted by atomic mass is 10.5. The molecule has 2 nitrogen and oxygen atoms in total. The lowest BCUT2D eigenvalue weighted by Gasteiger charge is -1.91. The van der Waals surface area contributed by atoms with Gasteiger partial charge in [0.25, 0.3) is 0 Å². The van der Waals surface area contributed by atoms with E-state index in [9.17, 15) is 12.9 Å². The van der Waals surface area contributed by atoms with Crippen molar-refractivity contribution >= 4 is 7.54 Å². The predicted molar refractivity (Wildman–Crippen MR) is 32.7 cm³/mol. The van der Waals surface area contributed by atoms with Crippen LogP contribution in [0.3, 0.4) is 0 Å². The molecule has 0 bridgehead atoms. The summed E-state index contributed by atoms with van der Waals surface area (Å²) in [5.74, 6) is 0. The minimum atomic E-state index is -3.67. The molecule has 0 saturated carbocycles. The molecule has 0 saturated heterocycles. The molecule has 0 spiro atoms. The van der Waals surface area contributed by atoms with Crippen molar-refractivity contribution in [3.8, 4) is 0 Å². The quantitative estimate of drug-likeness (QED) is 0.488. The Morgan fingerprint density at radius 3 is 1.90 bits per heavy atom. The third-order valence-electron chi connectivity index (χ3n) is 0.440. The summed E-state index contributed by atoms with van der Waals surface area (Å²) in [5, 5.41) is 8.07. The smallest absolute Gasteiger partial charge is 0.394 e. The molecule has 0 aromatic rings. The van der Waals surface area contributed by atoms with Gasteiger partial charge in [-0.3, -0.25) is 12.9 Å². The van der Waals surface area contributed by atoms with Crippen LogP contribution in [-0.4, -0.2) is 32.5 Å². The first-order valence-corrected chi connectivity index (χ1v) is 2.76. The van der Waals surface area contributed by atoms with Gasteiger partial charge in [0.1, 0.15) is 0 Å². The molecule has 0 aromatic carbocycles. The number of ether oxygens (including phenoxy) is 1. The second-order valence-electron chi connectivity index (χ2n) is 1.17. The van der Waals surface area contributed by atoms with Gasteiger partial charge < -0.3 is 9.84 Å². The largest absolute Gasteiger partial charge is 0.762 e. The molecule has 0 aromatic heterocycles. The Hall–Kier alpha value is -0.225. The molecule has 6 heteroatoms. The molecular formula is C4H10BF3O2. The number of rotatable bonds is 3. The van der Waals surface area contributed by atoms with Crippen LogP contribution < -0.4 is 0 Å². The summed E-state index contributed by atoms with van der Waals surface area (Å²) in [6.45, 7) is 3.20. The van der Waals surface area contributed by atoms with Gasteiger partial charge in [0.2, 0.25) is 0 Å². The van der Waals surface area contributed by atoms with Gasteiger partial charge in [-0.2, -0.15) is 0 Å². The normalized spacial score (nSPS) is 8.10. The fourth-order valence-electron chi connectivity index (χ4n) is 0.209. The number of halogens is 3. The highest BCUT2D eigenvalue weighted by atomic mass is 19.4. The van der Waals surface area contributed by atoms with Crippen molar-refractivity contribution in [2.45, 2.75) is 6.92 Å². The van der Waals surface area contributed by atoms with E-state index in [0.29, 0.717) is 13.2 Å². The van der Waals surface area contributed by atoms with Crippen molar-refractivity contribution in [3.05, 3.63) is 0 Å². The Labute approximate surface area is 58.2 Å². The maximum Gasteiger partial charge on any atom is 0.762 e. The van der Waals surface area contributed by atoms with Crippen molar-refractivity contribution in [3.63, 3.8) is 0 Å². The molecule has 0 rings (SSSR count). The summed E-state index contributed by atoms with van der Waals surface area (Å²) in [7, 11) is -3.67. The van der Waals surface area contributed by atoms with E-state index in [0.717, 1.165) is 0 Å². The Morgan fingerprint density at radius 2 is 1.80 bits per heavy atom. The van der Waals surface area contributed by atoms with Crippen LogP contribution in [0.4, 0.5) is 12.9 Å². The molecule has 62 valence electrons. The summed E-state index contributed by atoms with van der Waals surface area (Å²) < 4.78 is 33.7. The fraction of sp³-hybridized carbons (Fsp3) is 1.00. The van der Waals surface area contributed by atoms with Crippen molar-refractivity contribution in [1.82, 2.24) is 0 Å². The van der Waals surface area contributed by atoms with Crippen LogP contribution in [0.2, 0.25) is 0 Å². The van der Waals surface area contributed by atoms with Crippen molar-refractivity contribution < 1.29 is 22.8 Å². The highest BCUT2D eigenvalue weighted by Gasteiger charge is 2.06. The van der Waals surface area contributed by atoms with E-state index < -0.39 is 7.54 Å². The summed E-state index contributed by atoms with van der Waals surface area (Å²) in [5.41, 5.74) is 0. The minimum absolute atomic E-state index is 0.133. The van der Waals surface area contributed by atoms with Crippen molar-refractivity contribution in [1.29, 1.82) is 0 Å². The topological polar surface area (TPSA) is 29.5 Å². The average Bonchev–Trinajstić information content (AvgIpc) is 1.82. The summed E-state index contributed by atoms with van der Waals surface area (Å²) in [4.78, 5) is 0. The number of aliphatic hydroxyl groups is 1. The van der Waals surface area contributed by atoms with Crippen LogP contribution in [-0.2, 0) is 4.74 Å². The van der Waals surface area contributed by atoms with E-state index in [1.807, 2.05) is 6.92 Å². The number of hydrogen-bond acceptors (Lipinski definition) is 2. The zero-order valence-electron chi connectivity index (χ0n) is 5.69. The van der Waals surface area contributed by atoms with Gasteiger partial charge in [-0.05, 0) is 6.92 Å². The fourth-order valence-corrected chi connectivity index (χ4v) is 0.209. The summed E-state index contributed by atoms with van der Waals surface area (Å²) in [6.07, 6.45) is 0. The first kappa shape index (κ1) is 12.5. The van der Waals surface area contributed by atoms with E-state index in [1.54, 1.807) is 0 Å². The van der Waals surface area contributed by atoms with Crippen molar-refractivity contribution in [2.24, 2.45) is 0 Å². The zero-order valence-corrected chi connectivity index (χ0v) is 5.69. The molecular weight excluding hydrogens is 148 g/mol. The SMILES string of the molecule is CCOCCO.FB(F)F. The van der Waals surface area contributed by atoms with Crippen LogP contribution in [0.1, 0.15) is 6.92 Å². The highest BCUT2D eigenvalue weighted by molar-refractivity contribution is 6.33. The van der Waals surface area contributed by atoms with Crippen LogP contribution in [0.15, 0.2) is 0 Å². The lowest BCUT2D eigenvalue weighted by Crippen LogP contribution is -1.96. The van der Waals surface area contributed by atoms with E-state index in [2.05, 4.69) is 0 Å². The second-order valence-corrected chi connectivity index (χ2v) is 1.17. The van der Waals surface area contributed by atoms with E-state index in [4.69, 9.17) is 9.84 Å². The Kier molecular flexibility index (Phi) is 14.4. The Balaban J connectivity index is 0. The third-order valence-corrected chi connectivity index (χ3v) is 0.440. The molecule has 0 unspecified atom stereocenters. The first-order valence-electron chi connectivity index (χ1n) is 2.76. The zero-order chi connectivity index (χ0) is 8.41. The molecule has 0 atom stereocenters. The number of aliphatic hydroxyl groups excluding tert-OH is 1. The van der Waals surface area contributed by atoms with Gasteiger partial charge in [-0.1, -0.05) is 0 Å². The van der Waals surface area contributed by atoms with Gasteiger partial charge in [0.15, 0.2) is 0 Å². The maximum absolute atomic E-state index is 9.67. The summed E-state index contributed by atoms with van der Waals surface area (Å²) >= 11 is 0. The second kappa shape index (κ2) is 11.6. The molecule has 0 aliphatic carbocycles. The van der Waals surface area contributed by atoms with Gasteiger partial charge in [-0.25, -0.2) is 0 Å². The molecule has 0 fully saturated rings. The number of hydrogen-bond donors (Lipinski definition) is 1. The van der Waals surface area contributed by atoms with Crippen LogP contribution >= 0.6 is 0 Å².